The molecule has 0 spiro atoms. The minimum absolute atomic E-state index is 0.0727. The molecule has 2 fully saturated rings. The second-order valence-corrected chi connectivity index (χ2v) is 10.5. The van der Waals surface area contributed by atoms with Crippen molar-refractivity contribution in [1.82, 2.24) is 4.90 Å². The second kappa shape index (κ2) is 8.31. The number of carbonyl (C=O) groups is 1. The Hall–Kier alpha value is -1.41. The summed E-state index contributed by atoms with van der Waals surface area (Å²) < 4.78 is 37.2. The molecule has 0 bridgehead atoms. The van der Waals surface area contributed by atoms with Crippen molar-refractivity contribution in [1.29, 1.82) is 0 Å². The summed E-state index contributed by atoms with van der Waals surface area (Å²) in [6, 6.07) is 6.15. The number of sulfone groups is 1. The lowest BCUT2D eigenvalue weighted by atomic mass is 10.0. The van der Waals surface area contributed by atoms with Crippen LogP contribution in [0.15, 0.2) is 29.3 Å². The monoisotopic (exact) mass is 412 g/mol. The summed E-state index contributed by atoms with van der Waals surface area (Å²) in [5.74, 6) is -0.270. The zero-order valence-electron chi connectivity index (χ0n) is 15.6. The van der Waals surface area contributed by atoms with Crippen molar-refractivity contribution in [3.05, 3.63) is 35.6 Å². The number of thioether (sulfide) groups is 1. The zero-order chi connectivity index (χ0) is 19.6. The third kappa shape index (κ3) is 4.71. The standard InChI is InChI=1S/C19H25FN2O3S2/c1-3-14(4-2)18(23)21-19-22(10-9-13-5-7-15(20)8-6-13)16-11-27(24,25)12-17(16)26-19/h5-8,14,16-17H,3-4,9-12H2,1-2H3/t16-,17-/m1/s1. The predicted molar refractivity (Wildman–Crippen MR) is 107 cm³/mol. The smallest absolute Gasteiger partial charge is 0.251 e. The molecular weight excluding hydrogens is 387 g/mol. The highest BCUT2D eigenvalue weighted by Gasteiger charge is 2.48. The molecule has 0 saturated carbocycles. The van der Waals surface area contributed by atoms with Gasteiger partial charge >= 0.3 is 0 Å². The molecule has 2 heterocycles. The number of fused-ring (bicyclic) bond motifs is 1. The van der Waals surface area contributed by atoms with Crippen LogP contribution < -0.4 is 0 Å². The molecule has 0 unspecified atom stereocenters. The largest absolute Gasteiger partial charge is 0.346 e. The maximum absolute atomic E-state index is 13.1. The average molecular weight is 413 g/mol. The average Bonchev–Trinajstić information content (AvgIpc) is 3.07. The van der Waals surface area contributed by atoms with Gasteiger partial charge in [-0.15, -0.1) is 0 Å². The van der Waals surface area contributed by atoms with E-state index in [2.05, 4.69) is 4.99 Å². The number of hydrogen-bond acceptors (Lipinski definition) is 4. The molecule has 1 aromatic carbocycles. The molecule has 2 atom stereocenters. The molecular formula is C19H25FN2O3S2. The van der Waals surface area contributed by atoms with E-state index in [-0.39, 0.29) is 40.4 Å². The van der Waals surface area contributed by atoms with Crippen LogP contribution in [0, 0.1) is 11.7 Å². The first kappa shape index (κ1) is 20.3. The van der Waals surface area contributed by atoms with Gasteiger partial charge in [0.1, 0.15) is 5.82 Å². The molecule has 3 rings (SSSR count). The van der Waals surface area contributed by atoms with Gasteiger partial charge in [0.15, 0.2) is 15.0 Å². The van der Waals surface area contributed by atoms with Crippen LogP contribution in [-0.4, -0.2) is 53.7 Å². The van der Waals surface area contributed by atoms with Crippen LogP contribution in [0.1, 0.15) is 32.3 Å². The number of rotatable bonds is 6. The zero-order valence-corrected chi connectivity index (χ0v) is 17.2. The van der Waals surface area contributed by atoms with E-state index >= 15 is 0 Å². The van der Waals surface area contributed by atoms with Gasteiger partial charge < -0.3 is 4.90 Å². The number of halogens is 1. The summed E-state index contributed by atoms with van der Waals surface area (Å²) in [6.07, 6.45) is 2.13. The van der Waals surface area contributed by atoms with Crippen LogP contribution in [0.4, 0.5) is 4.39 Å². The highest BCUT2D eigenvalue weighted by molar-refractivity contribution is 8.15. The summed E-state index contributed by atoms with van der Waals surface area (Å²) in [5, 5.41) is 0.565. The van der Waals surface area contributed by atoms with Gasteiger partial charge in [-0.1, -0.05) is 37.7 Å². The number of amides is 1. The van der Waals surface area contributed by atoms with Crippen molar-refractivity contribution in [3.8, 4) is 0 Å². The van der Waals surface area contributed by atoms with E-state index in [9.17, 15) is 17.6 Å². The van der Waals surface area contributed by atoms with Crippen LogP contribution in [0.5, 0.6) is 0 Å². The van der Waals surface area contributed by atoms with Crippen molar-refractivity contribution in [2.75, 3.05) is 18.1 Å². The first-order valence-electron chi connectivity index (χ1n) is 9.33. The number of benzene rings is 1. The van der Waals surface area contributed by atoms with Crippen molar-refractivity contribution in [3.63, 3.8) is 0 Å². The Bertz CT molecular complexity index is 820. The summed E-state index contributed by atoms with van der Waals surface area (Å²) >= 11 is 1.41. The minimum atomic E-state index is -3.06. The Balaban J connectivity index is 1.79. The molecule has 2 aliphatic heterocycles. The molecule has 1 aromatic rings. The Morgan fingerprint density at radius 2 is 1.93 bits per heavy atom. The highest BCUT2D eigenvalue weighted by atomic mass is 32.2. The number of hydrogen-bond donors (Lipinski definition) is 0. The summed E-state index contributed by atoms with van der Waals surface area (Å²) in [6.45, 7) is 4.51. The molecule has 0 radical (unpaired) electrons. The molecule has 148 valence electrons. The molecule has 5 nitrogen and oxygen atoms in total. The van der Waals surface area contributed by atoms with E-state index in [0.29, 0.717) is 18.1 Å². The maximum Gasteiger partial charge on any atom is 0.251 e. The third-order valence-corrected chi connectivity index (χ3v) is 8.52. The summed E-state index contributed by atoms with van der Waals surface area (Å²) in [5.41, 5.74) is 0.969. The lowest BCUT2D eigenvalue weighted by molar-refractivity contribution is -0.121. The van der Waals surface area contributed by atoms with Crippen LogP contribution in [0.3, 0.4) is 0 Å². The SMILES string of the molecule is CCC(CC)C(=O)N=C1S[C@@H]2CS(=O)(=O)C[C@H]2N1CCc1ccc(F)cc1. The van der Waals surface area contributed by atoms with Gasteiger partial charge in [-0.05, 0) is 37.0 Å². The summed E-state index contributed by atoms with van der Waals surface area (Å²) in [4.78, 5) is 18.8. The predicted octanol–water partition coefficient (Wildman–Crippen LogP) is 2.90. The Labute approximate surface area is 164 Å². The number of aliphatic imine (C=N–C) groups is 1. The Morgan fingerprint density at radius 3 is 2.56 bits per heavy atom. The van der Waals surface area contributed by atoms with Crippen LogP contribution >= 0.6 is 11.8 Å². The van der Waals surface area contributed by atoms with Gasteiger partial charge in [0.05, 0.1) is 17.5 Å². The van der Waals surface area contributed by atoms with Gasteiger partial charge in [-0.2, -0.15) is 4.99 Å². The maximum atomic E-state index is 13.1. The van der Waals surface area contributed by atoms with Gasteiger partial charge in [-0.3, -0.25) is 4.79 Å². The van der Waals surface area contributed by atoms with E-state index < -0.39 is 9.84 Å². The molecule has 0 N–H and O–H groups in total. The van der Waals surface area contributed by atoms with E-state index in [1.54, 1.807) is 12.1 Å². The fourth-order valence-corrected chi connectivity index (χ4v) is 7.60. The van der Waals surface area contributed by atoms with Crippen LogP contribution in [0.2, 0.25) is 0 Å². The van der Waals surface area contributed by atoms with Crippen LogP contribution in [-0.2, 0) is 21.1 Å². The van der Waals surface area contributed by atoms with Gasteiger partial charge in [0.25, 0.3) is 5.91 Å². The second-order valence-electron chi connectivity index (χ2n) is 7.12. The Morgan fingerprint density at radius 1 is 1.26 bits per heavy atom. The molecule has 0 aliphatic carbocycles. The number of carbonyl (C=O) groups excluding carboxylic acids is 1. The fraction of sp³-hybridized carbons (Fsp3) is 0.579. The minimum Gasteiger partial charge on any atom is -0.346 e. The van der Waals surface area contributed by atoms with Gasteiger partial charge in [0, 0.05) is 17.7 Å². The first-order chi connectivity index (χ1) is 12.8. The normalized spacial score (nSPS) is 25.3. The van der Waals surface area contributed by atoms with Gasteiger partial charge in [-0.25, -0.2) is 12.8 Å². The van der Waals surface area contributed by atoms with Crippen molar-refractivity contribution < 1.29 is 17.6 Å². The quantitative estimate of drug-likeness (QED) is 0.719. The topological polar surface area (TPSA) is 66.8 Å². The molecule has 8 heteroatoms. The molecule has 2 saturated heterocycles. The van der Waals surface area contributed by atoms with Gasteiger partial charge in [0.2, 0.25) is 0 Å². The number of nitrogens with zero attached hydrogens (tertiary/aromatic N) is 2. The van der Waals surface area contributed by atoms with E-state index in [1.807, 2.05) is 18.7 Å². The van der Waals surface area contributed by atoms with E-state index in [1.165, 1.54) is 23.9 Å². The van der Waals surface area contributed by atoms with E-state index in [4.69, 9.17) is 0 Å². The highest BCUT2D eigenvalue weighted by Crippen LogP contribution is 2.38. The number of amidine groups is 1. The lowest BCUT2D eigenvalue weighted by Crippen LogP contribution is -2.39. The third-order valence-electron chi connectivity index (χ3n) is 5.27. The molecule has 0 aromatic heterocycles. The van der Waals surface area contributed by atoms with Crippen molar-refractivity contribution >= 4 is 32.7 Å². The van der Waals surface area contributed by atoms with Crippen molar-refractivity contribution in [2.24, 2.45) is 10.9 Å². The lowest BCUT2D eigenvalue weighted by Gasteiger charge is -2.24. The van der Waals surface area contributed by atoms with Crippen LogP contribution in [0.25, 0.3) is 0 Å². The van der Waals surface area contributed by atoms with Crippen molar-refractivity contribution in [2.45, 2.75) is 44.4 Å². The molecule has 2 aliphatic rings. The molecule has 27 heavy (non-hydrogen) atoms. The first-order valence-corrected chi connectivity index (χ1v) is 12.0. The Kier molecular flexibility index (Phi) is 6.25. The summed E-state index contributed by atoms with van der Waals surface area (Å²) in [7, 11) is -3.06. The molecule has 1 amide bonds. The van der Waals surface area contributed by atoms with E-state index in [0.717, 1.165) is 18.4 Å². The fourth-order valence-electron chi connectivity index (χ4n) is 3.62.